The van der Waals surface area contributed by atoms with Crippen molar-refractivity contribution in [2.45, 2.75) is 51.2 Å². The molecule has 1 aliphatic heterocycles. The zero-order valence-electron chi connectivity index (χ0n) is 26.1. The standard InChI is InChI=1S/C37H40N2O5Si/c1-37(2,3)45(31-19-9-5-10-20-31,32-21-11-6-12-22-32)44-25-15-18-30-26-38(36(40)43-28-29-16-7-4-8-17-29)35-24-14-13-23-33(35)34(30)27-39(41)42/h4-14,16-17,19-24,26,34H,15,18,25,27-28H2,1-3H3/t34-/m0/s1. The summed E-state index contributed by atoms with van der Waals surface area (Å²) in [5, 5.41) is 14.1. The summed E-state index contributed by atoms with van der Waals surface area (Å²) in [6, 6.07) is 37.8. The molecule has 1 aliphatic rings. The molecule has 0 saturated carbocycles. The van der Waals surface area contributed by atoms with E-state index >= 15 is 0 Å². The van der Waals surface area contributed by atoms with Gasteiger partial charge >= 0.3 is 6.09 Å². The third-order valence-electron chi connectivity index (χ3n) is 8.39. The molecule has 0 fully saturated rings. The summed E-state index contributed by atoms with van der Waals surface area (Å²) in [4.78, 5) is 26.5. The van der Waals surface area contributed by atoms with Gasteiger partial charge < -0.3 is 9.16 Å². The van der Waals surface area contributed by atoms with Gasteiger partial charge in [0.25, 0.3) is 8.32 Å². The molecule has 0 unspecified atom stereocenters. The predicted molar refractivity (Wildman–Crippen MR) is 181 cm³/mol. The minimum atomic E-state index is -2.72. The Balaban J connectivity index is 1.40. The third kappa shape index (κ3) is 7.08. The maximum Gasteiger partial charge on any atom is 0.418 e. The molecule has 7 nitrogen and oxygen atoms in total. The number of benzene rings is 4. The molecule has 1 amide bonds. The molecule has 1 atom stereocenters. The van der Waals surface area contributed by atoms with Crippen LogP contribution >= 0.6 is 0 Å². The van der Waals surface area contributed by atoms with Gasteiger partial charge in [-0.3, -0.25) is 15.0 Å². The lowest BCUT2D eigenvalue weighted by Crippen LogP contribution is -2.66. The lowest BCUT2D eigenvalue weighted by molar-refractivity contribution is -0.482. The van der Waals surface area contributed by atoms with Crippen LogP contribution in [0.3, 0.4) is 0 Å². The van der Waals surface area contributed by atoms with Crippen molar-refractivity contribution >= 4 is 30.5 Å². The van der Waals surface area contributed by atoms with Crippen LogP contribution in [-0.2, 0) is 15.8 Å². The number of carbonyl (C=O) groups is 1. The maximum absolute atomic E-state index is 13.4. The van der Waals surface area contributed by atoms with Crippen molar-refractivity contribution in [1.82, 2.24) is 0 Å². The number of nitro groups is 1. The molecular weight excluding hydrogens is 581 g/mol. The fourth-order valence-electron chi connectivity index (χ4n) is 6.33. The topological polar surface area (TPSA) is 81.9 Å². The molecule has 0 N–H and O–H groups in total. The van der Waals surface area contributed by atoms with Crippen molar-refractivity contribution in [2.24, 2.45) is 0 Å². The Bertz CT molecular complexity index is 1580. The highest BCUT2D eigenvalue weighted by atomic mass is 28.4. The summed E-state index contributed by atoms with van der Waals surface area (Å²) in [5.74, 6) is -0.456. The van der Waals surface area contributed by atoms with E-state index in [0.717, 1.165) is 16.7 Å². The SMILES string of the molecule is CC(C)(C)[Si](OCCCC1=CN(C(=O)OCc2ccccc2)c2ccccc2[C@H]1C[N+](=O)[O-])(c1ccccc1)c1ccccc1. The van der Waals surface area contributed by atoms with Crippen molar-refractivity contribution in [3.63, 3.8) is 0 Å². The molecule has 4 aromatic rings. The number of carbonyl (C=O) groups excluding carboxylic acids is 1. The van der Waals surface area contributed by atoms with Crippen molar-refractivity contribution in [1.29, 1.82) is 0 Å². The number of amides is 1. The van der Waals surface area contributed by atoms with Gasteiger partial charge in [-0.15, -0.1) is 0 Å². The molecule has 0 spiro atoms. The Kier molecular flexibility index (Phi) is 9.95. The number of fused-ring (bicyclic) bond motifs is 1. The van der Waals surface area contributed by atoms with Crippen LogP contribution in [0.25, 0.3) is 0 Å². The van der Waals surface area contributed by atoms with Gasteiger partial charge in [0.1, 0.15) is 6.61 Å². The smallest absolute Gasteiger partial charge is 0.418 e. The van der Waals surface area contributed by atoms with E-state index in [-0.39, 0.29) is 23.1 Å². The Morgan fingerprint density at radius 1 is 0.844 bits per heavy atom. The van der Waals surface area contributed by atoms with E-state index in [1.807, 2.05) is 66.7 Å². The highest BCUT2D eigenvalue weighted by molar-refractivity contribution is 6.99. The molecule has 4 aromatic carbocycles. The van der Waals surface area contributed by atoms with Crippen LogP contribution in [0.4, 0.5) is 10.5 Å². The molecule has 232 valence electrons. The van der Waals surface area contributed by atoms with Crippen molar-refractivity contribution in [3.05, 3.63) is 148 Å². The largest absolute Gasteiger partial charge is 0.444 e. The molecule has 0 radical (unpaired) electrons. The normalized spacial score (nSPS) is 14.8. The minimum absolute atomic E-state index is 0.131. The minimum Gasteiger partial charge on any atom is -0.444 e. The van der Waals surface area contributed by atoms with E-state index in [9.17, 15) is 14.9 Å². The second-order valence-electron chi connectivity index (χ2n) is 12.4. The fraction of sp³-hybridized carbons (Fsp3) is 0.270. The fourth-order valence-corrected chi connectivity index (χ4v) is 10.9. The summed E-state index contributed by atoms with van der Waals surface area (Å²) >= 11 is 0. The summed E-state index contributed by atoms with van der Waals surface area (Å²) in [7, 11) is -2.72. The van der Waals surface area contributed by atoms with Crippen molar-refractivity contribution in [3.8, 4) is 0 Å². The van der Waals surface area contributed by atoms with E-state index in [2.05, 4.69) is 69.3 Å². The second kappa shape index (κ2) is 14.1. The van der Waals surface area contributed by atoms with Crippen molar-refractivity contribution in [2.75, 3.05) is 18.1 Å². The van der Waals surface area contributed by atoms with Crippen LogP contribution in [-0.4, -0.2) is 32.5 Å². The zero-order valence-corrected chi connectivity index (χ0v) is 27.1. The summed E-state index contributed by atoms with van der Waals surface area (Å²) in [6.07, 6.45) is 2.40. The van der Waals surface area contributed by atoms with Gasteiger partial charge in [-0.2, -0.15) is 0 Å². The third-order valence-corrected chi connectivity index (χ3v) is 13.4. The average Bonchev–Trinajstić information content (AvgIpc) is 3.05. The first-order valence-corrected chi connectivity index (χ1v) is 17.3. The molecule has 1 heterocycles. The summed E-state index contributed by atoms with van der Waals surface area (Å²) < 4.78 is 12.8. The Morgan fingerprint density at radius 3 is 1.98 bits per heavy atom. The molecular formula is C37H40N2O5Si. The molecule has 5 rings (SSSR count). The van der Waals surface area contributed by atoms with E-state index in [1.54, 1.807) is 6.20 Å². The lowest BCUT2D eigenvalue weighted by atomic mass is 9.85. The van der Waals surface area contributed by atoms with Gasteiger partial charge in [-0.05, 0) is 51.0 Å². The number of para-hydroxylation sites is 1. The van der Waals surface area contributed by atoms with Gasteiger partial charge in [-0.1, -0.05) is 130 Å². The Morgan fingerprint density at radius 2 is 1.40 bits per heavy atom. The van der Waals surface area contributed by atoms with E-state index in [4.69, 9.17) is 9.16 Å². The number of rotatable bonds is 11. The van der Waals surface area contributed by atoms with Crippen LogP contribution < -0.4 is 15.3 Å². The average molecular weight is 621 g/mol. The lowest BCUT2D eigenvalue weighted by Gasteiger charge is -2.43. The number of ether oxygens (including phenoxy) is 1. The van der Waals surface area contributed by atoms with Crippen LogP contribution in [0.2, 0.25) is 5.04 Å². The quantitative estimate of drug-likeness (QED) is 0.0753. The number of hydrogen-bond acceptors (Lipinski definition) is 5. The Labute approximate surface area is 266 Å². The number of anilines is 1. The van der Waals surface area contributed by atoms with Crippen LogP contribution in [0.5, 0.6) is 0 Å². The van der Waals surface area contributed by atoms with Crippen LogP contribution in [0, 0.1) is 10.1 Å². The van der Waals surface area contributed by atoms with Gasteiger partial charge in [0, 0.05) is 17.7 Å². The van der Waals surface area contributed by atoms with Crippen LogP contribution in [0.15, 0.2) is 127 Å². The zero-order chi connectivity index (χ0) is 31.9. The monoisotopic (exact) mass is 620 g/mol. The molecule has 0 aromatic heterocycles. The maximum atomic E-state index is 13.4. The first-order chi connectivity index (χ1) is 21.7. The van der Waals surface area contributed by atoms with Gasteiger partial charge in [-0.25, -0.2) is 4.79 Å². The van der Waals surface area contributed by atoms with Gasteiger partial charge in [0.05, 0.1) is 11.6 Å². The van der Waals surface area contributed by atoms with Gasteiger partial charge in [0.15, 0.2) is 0 Å². The van der Waals surface area contributed by atoms with E-state index in [0.29, 0.717) is 25.1 Å². The summed E-state index contributed by atoms with van der Waals surface area (Å²) in [6.45, 7) is 7.07. The second-order valence-corrected chi connectivity index (χ2v) is 16.7. The summed E-state index contributed by atoms with van der Waals surface area (Å²) in [5.41, 5.74) is 3.05. The molecule has 0 saturated heterocycles. The first kappa shape index (κ1) is 31.9. The van der Waals surface area contributed by atoms with E-state index in [1.165, 1.54) is 15.3 Å². The molecule has 8 heteroatoms. The molecule has 45 heavy (non-hydrogen) atoms. The number of hydrogen-bond donors (Lipinski definition) is 0. The predicted octanol–water partition coefficient (Wildman–Crippen LogP) is 7.44. The van der Waals surface area contributed by atoms with Crippen molar-refractivity contribution < 1.29 is 18.9 Å². The van der Waals surface area contributed by atoms with Gasteiger partial charge in [0.2, 0.25) is 6.54 Å². The number of nitrogens with zero attached hydrogens (tertiary/aromatic N) is 2. The highest BCUT2D eigenvalue weighted by Gasteiger charge is 2.50. The highest BCUT2D eigenvalue weighted by Crippen LogP contribution is 2.41. The first-order valence-electron chi connectivity index (χ1n) is 15.4. The van der Waals surface area contributed by atoms with E-state index < -0.39 is 20.3 Å². The molecule has 0 aliphatic carbocycles. The Hall–Kier alpha value is -4.53. The van der Waals surface area contributed by atoms with Crippen LogP contribution in [0.1, 0.15) is 50.7 Å². The molecule has 0 bridgehead atoms.